The predicted molar refractivity (Wildman–Crippen MR) is 78.6 cm³/mol. The third-order valence-electron chi connectivity index (χ3n) is 5.29. The molecule has 0 aromatic carbocycles. The smallest absolute Gasteiger partial charge is 0.0178 e. The van der Waals surface area contributed by atoms with Gasteiger partial charge in [0.25, 0.3) is 0 Å². The van der Waals surface area contributed by atoms with Crippen LogP contribution in [0.25, 0.3) is 0 Å². The van der Waals surface area contributed by atoms with Crippen LogP contribution >= 0.6 is 11.8 Å². The van der Waals surface area contributed by atoms with Crippen molar-refractivity contribution in [2.45, 2.75) is 66.0 Å². The van der Waals surface area contributed by atoms with Gasteiger partial charge in [-0.25, -0.2) is 0 Å². The van der Waals surface area contributed by atoms with Gasteiger partial charge in [0.05, 0.1) is 0 Å². The Morgan fingerprint density at radius 3 is 2.59 bits per heavy atom. The van der Waals surface area contributed by atoms with E-state index in [1.807, 2.05) is 0 Å². The quantitative estimate of drug-likeness (QED) is 0.799. The summed E-state index contributed by atoms with van der Waals surface area (Å²) >= 11 is 2.06. The van der Waals surface area contributed by atoms with E-state index >= 15 is 0 Å². The van der Waals surface area contributed by atoms with Crippen LogP contribution in [0, 0.1) is 16.7 Å². The molecule has 2 aliphatic rings. The van der Waals surface area contributed by atoms with Gasteiger partial charge in [0.15, 0.2) is 0 Å². The minimum absolute atomic E-state index is 0.498. The number of hydrogen-bond acceptors (Lipinski definition) is 2. The molecule has 0 radical (unpaired) electrons. The van der Waals surface area contributed by atoms with Crippen molar-refractivity contribution >= 4 is 11.8 Å². The molecular formula is C15H29NS. The van der Waals surface area contributed by atoms with E-state index in [-0.39, 0.29) is 0 Å². The van der Waals surface area contributed by atoms with Gasteiger partial charge >= 0.3 is 0 Å². The summed E-state index contributed by atoms with van der Waals surface area (Å²) in [6, 6.07) is 1.38. The zero-order valence-electron chi connectivity index (χ0n) is 12.2. The maximum Gasteiger partial charge on any atom is 0.0178 e. The Morgan fingerprint density at radius 1 is 1.35 bits per heavy atom. The van der Waals surface area contributed by atoms with E-state index in [0.29, 0.717) is 16.9 Å². The lowest BCUT2D eigenvalue weighted by atomic mass is 9.68. The fourth-order valence-corrected chi connectivity index (χ4v) is 5.03. The highest BCUT2D eigenvalue weighted by atomic mass is 32.2. The zero-order chi connectivity index (χ0) is 12.7. The Labute approximate surface area is 112 Å². The van der Waals surface area contributed by atoms with E-state index in [0.717, 1.165) is 12.0 Å². The molecule has 100 valence electrons. The standard InChI is InChI=1S/C15H29NS/c1-6-17-10-11(2)16-13-14(3,4)12-7-8-15(13,5)9-12/h11-13,16H,6-10H2,1-5H3. The van der Waals surface area contributed by atoms with Crippen LogP contribution in [-0.4, -0.2) is 23.6 Å². The lowest BCUT2D eigenvalue weighted by Crippen LogP contribution is -2.53. The highest BCUT2D eigenvalue weighted by Crippen LogP contribution is 2.62. The Kier molecular flexibility index (Phi) is 3.85. The van der Waals surface area contributed by atoms with Crippen molar-refractivity contribution in [3.63, 3.8) is 0 Å². The van der Waals surface area contributed by atoms with E-state index in [4.69, 9.17) is 0 Å². The maximum atomic E-state index is 3.96. The van der Waals surface area contributed by atoms with Crippen molar-refractivity contribution in [1.82, 2.24) is 5.32 Å². The highest BCUT2D eigenvalue weighted by Gasteiger charge is 2.59. The number of hydrogen-bond donors (Lipinski definition) is 1. The van der Waals surface area contributed by atoms with Crippen LogP contribution in [0.3, 0.4) is 0 Å². The van der Waals surface area contributed by atoms with Gasteiger partial charge in [0.2, 0.25) is 0 Å². The van der Waals surface area contributed by atoms with Crippen LogP contribution in [0.1, 0.15) is 53.9 Å². The molecule has 0 saturated heterocycles. The van der Waals surface area contributed by atoms with Crippen molar-refractivity contribution in [3.8, 4) is 0 Å². The minimum atomic E-state index is 0.498. The van der Waals surface area contributed by atoms with Crippen molar-refractivity contribution < 1.29 is 0 Å². The number of fused-ring (bicyclic) bond motifs is 2. The second-order valence-electron chi connectivity index (χ2n) is 7.08. The Bertz CT molecular complexity index is 271. The third-order valence-corrected chi connectivity index (χ3v) is 6.44. The summed E-state index contributed by atoms with van der Waals surface area (Å²) in [5.41, 5.74) is 1.07. The normalized spacial score (nSPS) is 40.8. The van der Waals surface area contributed by atoms with E-state index in [1.54, 1.807) is 0 Å². The van der Waals surface area contributed by atoms with Crippen LogP contribution in [0.5, 0.6) is 0 Å². The molecule has 4 unspecified atom stereocenters. The highest BCUT2D eigenvalue weighted by molar-refractivity contribution is 7.99. The SMILES string of the molecule is CCSCC(C)NC1C2(C)CCC(C2)C1(C)C. The zero-order valence-corrected chi connectivity index (χ0v) is 13.0. The topological polar surface area (TPSA) is 12.0 Å². The fraction of sp³-hybridized carbons (Fsp3) is 1.00. The summed E-state index contributed by atoms with van der Waals surface area (Å²) in [6.45, 7) is 12.1. The molecule has 1 nitrogen and oxygen atoms in total. The van der Waals surface area contributed by atoms with Crippen molar-refractivity contribution in [3.05, 3.63) is 0 Å². The van der Waals surface area contributed by atoms with Crippen molar-refractivity contribution in [2.75, 3.05) is 11.5 Å². The van der Waals surface area contributed by atoms with Gasteiger partial charge in [0, 0.05) is 17.8 Å². The number of nitrogens with one attached hydrogen (secondary N) is 1. The largest absolute Gasteiger partial charge is 0.310 e. The third kappa shape index (κ3) is 2.40. The van der Waals surface area contributed by atoms with Crippen LogP contribution < -0.4 is 5.32 Å². The first-order valence-corrected chi connectivity index (χ1v) is 8.39. The summed E-state index contributed by atoms with van der Waals surface area (Å²) < 4.78 is 0. The average molecular weight is 255 g/mol. The van der Waals surface area contributed by atoms with Crippen LogP contribution in [0.15, 0.2) is 0 Å². The Morgan fingerprint density at radius 2 is 2.06 bits per heavy atom. The molecule has 0 aromatic heterocycles. The summed E-state index contributed by atoms with van der Waals surface area (Å²) in [7, 11) is 0. The van der Waals surface area contributed by atoms with Crippen molar-refractivity contribution in [2.24, 2.45) is 16.7 Å². The molecule has 17 heavy (non-hydrogen) atoms. The van der Waals surface area contributed by atoms with Crippen LogP contribution in [0.4, 0.5) is 0 Å². The summed E-state index contributed by atoms with van der Waals surface area (Å²) in [5.74, 6) is 3.44. The van der Waals surface area contributed by atoms with Crippen LogP contribution in [-0.2, 0) is 0 Å². The lowest BCUT2D eigenvalue weighted by molar-refractivity contribution is 0.103. The summed E-state index contributed by atoms with van der Waals surface area (Å²) in [6.07, 6.45) is 4.34. The molecule has 4 atom stereocenters. The maximum absolute atomic E-state index is 3.96. The summed E-state index contributed by atoms with van der Waals surface area (Å²) in [4.78, 5) is 0. The van der Waals surface area contributed by atoms with E-state index in [2.05, 4.69) is 51.7 Å². The van der Waals surface area contributed by atoms with Gasteiger partial charge in [-0.1, -0.05) is 27.7 Å². The van der Waals surface area contributed by atoms with E-state index in [1.165, 1.54) is 30.8 Å². The second-order valence-corrected chi connectivity index (χ2v) is 8.39. The van der Waals surface area contributed by atoms with Crippen LogP contribution in [0.2, 0.25) is 0 Å². The lowest BCUT2D eigenvalue weighted by Gasteiger charge is -2.44. The first-order chi connectivity index (χ1) is 7.90. The van der Waals surface area contributed by atoms with Gasteiger partial charge in [-0.3, -0.25) is 0 Å². The molecular weight excluding hydrogens is 226 g/mol. The van der Waals surface area contributed by atoms with Crippen molar-refractivity contribution in [1.29, 1.82) is 0 Å². The van der Waals surface area contributed by atoms with Gasteiger partial charge < -0.3 is 5.32 Å². The van der Waals surface area contributed by atoms with Gasteiger partial charge in [0.1, 0.15) is 0 Å². The molecule has 0 heterocycles. The van der Waals surface area contributed by atoms with Gasteiger partial charge in [-0.05, 0) is 48.7 Å². The number of rotatable bonds is 5. The van der Waals surface area contributed by atoms with Gasteiger partial charge in [-0.2, -0.15) is 11.8 Å². The molecule has 2 fully saturated rings. The van der Waals surface area contributed by atoms with E-state index < -0.39 is 0 Å². The molecule has 2 bridgehead atoms. The molecule has 0 amide bonds. The summed E-state index contributed by atoms with van der Waals surface area (Å²) in [5, 5.41) is 3.96. The van der Waals surface area contributed by atoms with Gasteiger partial charge in [-0.15, -0.1) is 0 Å². The fourth-order valence-electron chi connectivity index (χ4n) is 4.35. The van der Waals surface area contributed by atoms with E-state index in [9.17, 15) is 0 Å². The molecule has 1 N–H and O–H groups in total. The molecule has 2 rings (SSSR count). The Hall–Kier alpha value is 0.310. The monoisotopic (exact) mass is 255 g/mol. The Balaban J connectivity index is 2.00. The molecule has 2 saturated carbocycles. The average Bonchev–Trinajstić information content (AvgIpc) is 2.73. The molecule has 2 heteroatoms. The second kappa shape index (κ2) is 4.77. The molecule has 0 aromatic rings. The molecule has 0 spiro atoms. The molecule has 2 aliphatic carbocycles. The predicted octanol–water partition coefficient (Wildman–Crippen LogP) is 3.93. The first-order valence-electron chi connectivity index (χ1n) is 7.24. The molecule has 0 aliphatic heterocycles. The number of thioether (sulfide) groups is 1. The first kappa shape index (κ1) is 13.7. The minimum Gasteiger partial charge on any atom is -0.310 e.